The van der Waals surface area contributed by atoms with Gasteiger partial charge in [0.2, 0.25) is 21.8 Å². The minimum atomic E-state index is -4.65. The van der Waals surface area contributed by atoms with Crippen molar-refractivity contribution >= 4 is 21.8 Å². The SMILES string of the molecule is CC(=O)N[C@@H](Cc1ccc(C)cc1)C(=O)NC1CCN(S(=O)(=O)c2cccc(C(F)(F)F)c2)CC1. The van der Waals surface area contributed by atoms with Crippen molar-refractivity contribution in [3.05, 3.63) is 65.2 Å². The van der Waals surface area contributed by atoms with Crippen molar-refractivity contribution in [1.29, 1.82) is 0 Å². The number of rotatable bonds is 7. The molecule has 1 fully saturated rings. The van der Waals surface area contributed by atoms with Crippen LogP contribution in [0.5, 0.6) is 0 Å². The van der Waals surface area contributed by atoms with Crippen molar-refractivity contribution in [2.45, 2.75) is 56.3 Å². The maximum absolute atomic E-state index is 13.0. The van der Waals surface area contributed by atoms with Gasteiger partial charge in [0.25, 0.3) is 0 Å². The fraction of sp³-hybridized carbons (Fsp3) is 0.417. The van der Waals surface area contributed by atoms with E-state index >= 15 is 0 Å². The fourth-order valence-electron chi connectivity index (χ4n) is 3.94. The van der Waals surface area contributed by atoms with E-state index in [-0.39, 0.29) is 30.9 Å². The predicted molar refractivity (Wildman–Crippen MR) is 124 cm³/mol. The Kier molecular flexibility index (Phi) is 8.22. The first-order chi connectivity index (χ1) is 16.4. The molecule has 2 aromatic rings. The van der Waals surface area contributed by atoms with Gasteiger partial charge in [0.05, 0.1) is 10.5 Å². The van der Waals surface area contributed by atoms with E-state index < -0.39 is 32.7 Å². The van der Waals surface area contributed by atoms with Crippen LogP contribution in [0, 0.1) is 6.92 Å². The number of hydrogen-bond acceptors (Lipinski definition) is 4. The molecule has 2 N–H and O–H groups in total. The average molecular weight is 512 g/mol. The highest BCUT2D eigenvalue weighted by Crippen LogP contribution is 2.31. The average Bonchev–Trinajstić information content (AvgIpc) is 2.79. The smallest absolute Gasteiger partial charge is 0.351 e. The largest absolute Gasteiger partial charge is 0.416 e. The van der Waals surface area contributed by atoms with Crippen LogP contribution in [-0.4, -0.2) is 49.7 Å². The molecule has 0 radical (unpaired) electrons. The van der Waals surface area contributed by atoms with Gasteiger partial charge in [0, 0.05) is 32.5 Å². The Labute approximate surface area is 202 Å². The van der Waals surface area contributed by atoms with Crippen LogP contribution in [0.3, 0.4) is 0 Å². The van der Waals surface area contributed by atoms with Crippen LogP contribution in [0.1, 0.15) is 36.5 Å². The molecule has 0 aliphatic carbocycles. The van der Waals surface area contributed by atoms with Gasteiger partial charge in [-0.1, -0.05) is 35.9 Å². The normalized spacial score (nSPS) is 16.5. The lowest BCUT2D eigenvalue weighted by molar-refractivity contribution is -0.137. The van der Waals surface area contributed by atoms with E-state index in [9.17, 15) is 31.2 Å². The van der Waals surface area contributed by atoms with Crippen LogP contribution >= 0.6 is 0 Å². The maximum atomic E-state index is 13.0. The number of aryl methyl sites for hydroxylation is 1. The summed E-state index contributed by atoms with van der Waals surface area (Å²) in [5, 5.41) is 5.53. The van der Waals surface area contributed by atoms with Gasteiger partial charge in [-0.25, -0.2) is 8.42 Å². The van der Waals surface area contributed by atoms with Gasteiger partial charge in [-0.2, -0.15) is 17.5 Å². The second-order valence-corrected chi connectivity index (χ2v) is 10.6. The summed E-state index contributed by atoms with van der Waals surface area (Å²) in [6.07, 6.45) is -3.76. The van der Waals surface area contributed by atoms with E-state index in [2.05, 4.69) is 10.6 Å². The number of amides is 2. The highest BCUT2D eigenvalue weighted by molar-refractivity contribution is 7.89. The first-order valence-electron chi connectivity index (χ1n) is 11.2. The van der Waals surface area contributed by atoms with E-state index in [4.69, 9.17) is 0 Å². The van der Waals surface area contributed by atoms with Gasteiger partial charge >= 0.3 is 6.18 Å². The molecule has 35 heavy (non-hydrogen) atoms. The molecule has 1 saturated heterocycles. The van der Waals surface area contributed by atoms with E-state index in [1.54, 1.807) is 0 Å². The molecule has 0 spiro atoms. The number of carbonyl (C=O) groups excluding carboxylic acids is 2. The third-order valence-electron chi connectivity index (χ3n) is 5.85. The van der Waals surface area contributed by atoms with Gasteiger partial charge in [0.15, 0.2) is 0 Å². The second-order valence-electron chi connectivity index (χ2n) is 8.66. The van der Waals surface area contributed by atoms with Gasteiger partial charge in [-0.3, -0.25) is 9.59 Å². The Bertz CT molecular complexity index is 1160. The lowest BCUT2D eigenvalue weighted by Crippen LogP contribution is -2.53. The summed E-state index contributed by atoms with van der Waals surface area (Å²) in [4.78, 5) is 24.1. The summed E-state index contributed by atoms with van der Waals surface area (Å²) in [5.74, 6) is -0.723. The topological polar surface area (TPSA) is 95.6 Å². The molecule has 1 heterocycles. The molecule has 0 bridgehead atoms. The molecule has 7 nitrogen and oxygen atoms in total. The molecule has 11 heteroatoms. The van der Waals surface area contributed by atoms with E-state index in [0.717, 1.165) is 33.6 Å². The number of benzene rings is 2. The lowest BCUT2D eigenvalue weighted by atomic mass is 10.0. The van der Waals surface area contributed by atoms with Gasteiger partial charge in [0.1, 0.15) is 6.04 Å². The van der Waals surface area contributed by atoms with Crippen molar-refractivity contribution in [3.63, 3.8) is 0 Å². The molecule has 1 aliphatic rings. The predicted octanol–water partition coefficient (Wildman–Crippen LogP) is 3.03. The molecule has 0 unspecified atom stereocenters. The molecule has 190 valence electrons. The number of hydrogen-bond donors (Lipinski definition) is 2. The number of nitrogens with zero attached hydrogens (tertiary/aromatic N) is 1. The highest BCUT2D eigenvalue weighted by atomic mass is 32.2. The zero-order valence-corrected chi connectivity index (χ0v) is 20.2. The number of halogens is 3. The summed E-state index contributed by atoms with van der Waals surface area (Å²) in [6, 6.07) is 10.1. The zero-order chi connectivity index (χ0) is 25.8. The molecular formula is C24H28F3N3O4S. The maximum Gasteiger partial charge on any atom is 0.416 e. The van der Waals surface area contributed by atoms with E-state index in [1.807, 2.05) is 31.2 Å². The van der Waals surface area contributed by atoms with E-state index in [1.165, 1.54) is 6.92 Å². The number of carbonyl (C=O) groups is 2. The van der Waals surface area contributed by atoms with Crippen molar-refractivity contribution in [3.8, 4) is 0 Å². The summed E-state index contributed by atoms with van der Waals surface area (Å²) in [5.41, 5.74) is 0.922. The van der Waals surface area contributed by atoms with Crippen molar-refractivity contribution in [2.24, 2.45) is 0 Å². The number of alkyl halides is 3. The van der Waals surface area contributed by atoms with Crippen molar-refractivity contribution in [2.75, 3.05) is 13.1 Å². The molecule has 3 rings (SSSR count). The van der Waals surface area contributed by atoms with Crippen LogP contribution in [0.4, 0.5) is 13.2 Å². The molecular weight excluding hydrogens is 483 g/mol. The van der Waals surface area contributed by atoms with Crippen LogP contribution in [0.25, 0.3) is 0 Å². The standard InChI is InChI=1S/C24H28F3N3O4S/c1-16-6-8-18(9-7-16)14-22(28-17(2)31)23(32)29-20-10-12-30(13-11-20)35(33,34)21-5-3-4-19(15-21)24(25,26)27/h3-9,15,20,22H,10-14H2,1-2H3,(H,28,31)(H,29,32)/t22-/m0/s1. The Balaban J connectivity index is 1.62. The van der Waals surface area contributed by atoms with E-state index in [0.29, 0.717) is 25.3 Å². The van der Waals surface area contributed by atoms with Crippen LogP contribution in [0.2, 0.25) is 0 Å². The highest BCUT2D eigenvalue weighted by Gasteiger charge is 2.34. The van der Waals surface area contributed by atoms with Crippen LogP contribution in [-0.2, 0) is 32.2 Å². The molecule has 2 amide bonds. The minimum Gasteiger partial charge on any atom is -0.351 e. The van der Waals surface area contributed by atoms with Gasteiger partial charge < -0.3 is 10.6 Å². The Morgan fingerprint density at radius 1 is 1.09 bits per heavy atom. The first-order valence-corrected chi connectivity index (χ1v) is 12.6. The molecule has 1 atom stereocenters. The van der Waals surface area contributed by atoms with Crippen LogP contribution in [0.15, 0.2) is 53.4 Å². The Morgan fingerprint density at radius 3 is 2.29 bits per heavy atom. The second kappa shape index (κ2) is 10.8. The molecule has 0 aromatic heterocycles. The van der Waals surface area contributed by atoms with Gasteiger partial charge in [-0.05, 0) is 43.5 Å². The quantitative estimate of drug-likeness (QED) is 0.598. The van der Waals surface area contributed by atoms with Crippen molar-refractivity contribution < 1.29 is 31.2 Å². The summed E-state index contributed by atoms with van der Waals surface area (Å²) >= 11 is 0. The summed E-state index contributed by atoms with van der Waals surface area (Å²) < 4.78 is 65.9. The monoisotopic (exact) mass is 511 g/mol. The third kappa shape index (κ3) is 7.04. The summed E-state index contributed by atoms with van der Waals surface area (Å²) in [7, 11) is -4.11. The fourth-order valence-corrected chi connectivity index (χ4v) is 5.45. The number of piperidine rings is 1. The molecule has 1 aliphatic heterocycles. The van der Waals surface area contributed by atoms with Crippen LogP contribution < -0.4 is 10.6 Å². The third-order valence-corrected chi connectivity index (χ3v) is 7.75. The molecule has 0 saturated carbocycles. The zero-order valence-electron chi connectivity index (χ0n) is 19.4. The lowest BCUT2D eigenvalue weighted by Gasteiger charge is -2.32. The Morgan fingerprint density at radius 2 is 1.71 bits per heavy atom. The van der Waals surface area contributed by atoms with Crippen molar-refractivity contribution in [1.82, 2.24) is 14.9 Å². The molecule has 2 aromatic carbocycles. The summed E-state index contributed by atoms with van der Waals surface area (Å²) in [6.45, 7) is 3.37. The number of sulfonamides is 1. The Hall–Kier alpha value is -2.92. The van der Waals surface area contributed by atoms with Gasteiger partial charge in [-0.15, -0.1) is 0 Å². The number of nitrogens with one attached hydrogen (secondary N) is 2. The minimum absolute atomic E-state index is 0.0479. The first kappa shape index (κ1) is 26.7.